The van der Waals surface area contributed by atoms with E-state index in [1.807, 2.05) is 26.0 Å². The summed E-state index contributed by atoms with van der Waals surface area (Å²) in [5, 5.41) is 17.7. The van der Waals surface area contributed by atoms with Crippen molar-refractivity contribution in [1.29, 1.82) is 10.5 Å². The van der Waals surface area contributed by atoms with Crippen molar-refractivity contribution in [2.24, 2.45) is 5.92 Å². The van der Waals surface area contributed by atoms with Gasteiger partial charge in [-0.3, -0.25) is 19.3 Å². The van der Waals surface area contributed by atoms with Crippen LogP contribution in [0.25, 0.3) is 0 Å². The number of carbonyl (C=O) groups is 4. The number of hydrogen-bond acceptors (Lipinski definition) is 7. The maximum absolute atomic E-state index is 13.6. The summed E-state index contributed by atoms with van der Waals surface area (Å²) in [6.07, 6.45) is 0.253. The van der Waals surface area contributed by atoms with E-state index in [9.17, 15) is 19.2 Å². The molecule has 1 aromatic carbocycles. The first-order valence-electron chi connectivity index (χ1n) is 11.2. The minimum atomic E-state index is -1.67. The fourth-order valence-corrected chi connectivity index (χ4v) is 4.43. The van der Waals surface area contributed by atoms with E-state index in [0.29, 0.717) is 11.3 Å². The number of rotatable bonds is 9. The highest BCUT2D eigenvalue weighted by Crippen LogP contribution is 2.45. The van der Waals surface area contributed by atoms with Crippen molar-refractivity contribution in [3.8, 4) is 12.1 Å². The van der Waals surface area contributed by atoms with Crippen molar-refractivity contribution in [2.45, 2.75) is 45.2 Å². The molecule has 0 aromatic heterocycles. The third-order valence-electron chi connectivity index (χ3n) is 5.91. The average molecular weight is 466 g/mol. The zero-order valence-electron chi connectivity index (χ0n) is 19.3. The number of hydrogen-bond donors (Lipinski definition) is 0. The molecule has 3 amide bonds. The Balaban J connectivity index is 1.91. The van der Waals surface area contributed by atoms with Crippen LogP contribution < -0.4 is 4.90 Å². The van der Waals surface area contributed by atoms with Crippen LogP contribution in [0.2, 0.25) is 0 Å². The van der Waals surface area contributed by atoms with Crippen LogP contribution >= 0.6 is 0 Å². The molecular weight excluding hydrogens is 438 g/mol. The lowest BCUT2D eigenvalue weighted by molar-refractivity contribution is -0.162. The smallest absolute Gasteiger partial charge is 0.354 e. The van der Waals surface area contributed by atoms with Crippen molar-refractivity contribution in [2.75, 3.05) is 31.1 Å². The molecule has 0 aliphatic carbocycles. The average Bonchev–Trinajstić information content (AvgIpc) is 3.18. The summed E-state index contributed by atoms with van der Waals surface area (Å²) in [5.74, 6) is -2.07. The third kappa shape index (κ3) is 4.44. The van der Waals surface area contributed by atoms with Gasteiger partial charge in [0.05, 0.1) is 36.2 Å². The molecule has 178 valence electrons. The van der Waals surface area contributed by atoms with Gasteiger partial charge in [-0.15, -0.1) is 0 Å². The number of nitriles is 2. The SMILES string of the molecule is CC(C)CN1C(=O)c2ccccc2N2C(=O)CCC12C(=O)OCC(=O)N(CCC#N)CCC#N. The topological polar surface area (TPSA) is 135 Å². The van der Waals surface area contributed by atoms with Crippen molar-refractivity contribution < 1.29 is 23.9 Å². The molecule has 3 rings (SSSR count). The zero-order valence-corrected chi connectivity index (χ0v) is 19.3. The summed E-state index contributed by atoms with van der Waals surface area (Å²) in [4.78, 5) is 56.7. The van der Waals surface area contributed by atoms with Gasteiger partial charge in [0.2, 0.25) is 11.6 Å². The van der Waals surface area contributed by atoms with Gasteiger partial charge >= 0.3 is 5.97 Å². The van der Waals surface area contributed by atoms with E-state index < -0.39 is 24.1 Å². The fraction of sp³-hybridized carbons (Fsp3) is 0.500. The fourth-order valence-electron chi connectivity index (χ4n) is 4.43. The third-order valence-corrected chi connectivity index (χ3v) is 5.91. The number of ether oxygens (including phenoxy) is 1. The van der Waals surface area contributed by atoms with Crippen LogP contribution in [0.15, 0.2) is 24.3 Å². The summed E-state index contributed by atoms with van der Waals surface area (Å²) in [7, 11) is 0. The number of amides is 3. The van der Waals surface area contributed by atoms with Gasteiger partial charge in [0.15, 0.2) is 6.61 Å². The Morgan fingerprint density at radius 1 is 1.15 bits per heavy atom. The van der Waals surface area contributed by atoms with Crippen LogP contribution in [-0.2, 0) is 19.1 Å². The molecule has 2 heterocycles. The Hall–Kier alpha value is -3.92. The van der Waals surface area contributed by atoms with E-state index in [0.717, 1.165) is 0 Å². The Morgan fingerprint density at radius 2 is 1.79 bits per heavy atom. The van der Waals surface area contributed by atoms with Crippen LogP contribution in [0.4, 0.5) is 5.69 Å². The number of fused-ring (bicyclic) bond motifs is 3. The van der Waals surface area contributed by atoms with E-state index in [1.165, 1.54) is 14.7 Å². The molecule has 1 saturated heterocycles. The van der Waals surface area contributed by atoms with Gasteiger partial charge in [0.25, 0.3) is 11.8 Å². The van der Waals surface area contributed by atoms with Gasteiger partial charge in [-0.2, -0.15) is 10.5 Å². The highest BCUT2D eigenvalue weighted by atomic mass is 16.5. The second-order valence-corrected chi connectivity index (χ2v) is 8.65. The first kappa shape index (κ1) is 24.7. The Bertz CT molecular complexity index is 1050. The molecule has 1 aromatic rings. The van der Waals surface area contributed by atoms with Crippen molar-refractivity contribution in [1.82, 2.24) is 9.80 Å². The molecule has 10 nitrogen and oxygen atoms in total. The first-order chi connectivity index (χ1) is 16.3. The van der Waals surface area contributed by atoms with Gasteiger partial charge in [-0.1, -0.05) is 26.0 Å². The molecule has 0 radical (unpaired) electrons. The number of benzene rings is 1. The summed E-state index contributed by atoms with van der Waals surface area (Å²) >= 11 is 0. The molecule has 34 heavy (non-hydrogen) atoms. The van der Waals surface area contributed by atoms with Crippen LogP contribution in [0.3, 0.4) is 0 Å². The molecule has 0 bridgehead atoms. The largest absolute Gasteiger partial charge is 0.452 e. The minimum Gasteiger partial charge on any atom is -0.452 e. The quantitative estimate of drug-likeness (QED) is 0.508. The summed E-state index contributed by atoms with van der Waals surface area (Å²) in [5.41, 5.74) is -0.989. The molecule has 10 heteroatoms. The number of esters is 1. The van der Waals surface area contributed by atoms with E-state index in [2.05, 4.69) is 0 Å². The van der Waals surface area contributed by atoms with Gasteiger partial charge < -0.3 is 14.5 Å². The molecule has 1 fully saturated rings. The van der Waals surface area contributed by atoms with Crippen molar-refractivity contribution >= 4 is 29.4 Å². The van der Waals surface area contributed by atoms with Gasteiger partial charge in [-0.05, 0) is 18.1 Å². The Labute approximate surface area is 198 Å². The molecule has 1 unspecified atom stereocenters. The second kappa shape index (κ2) is 10.3. The first-order valence-corrected chi connectivity index (χ1v) is 11.2. The second-order valence-electron chi connectivity index (χ2n) is 8.65. The number of para-hydroxylation sites is 1. The maximum atomic E-state index is 13.6. The number of anilines is 1. The van der Waals surface area contributed by atoms with E-state index in [4.69, 9.17) is 15.3 Å². The van der Waals surface area contributed by atoms with Crippen LogP contribution in [-0.4, -0.2) is 65.4 Å². The summed E-state index contributed by atoms with van der Waals surface area (Å²) < 4.78 is 5.43. The minimum absolute atomic E-state index is 0.00512. The van der Waals surface area contributed by atoms with Crippen LogP contribution in [0.5, 0.6) is 0 Å². The van der Waals surface area contributed by atoms with E-state index in [1.54, 1.807) is 24.3 Å². The molecule has 0 N–H and O–H groups in total. The predicted octanol–water partition coefficient (Wildman–Crippen LogP) is 1.82. The summed E-state index contributed by atoms with van der Waals surface area (Å²) in [6.45, 7) is 3.62. The lowest BCUT2D eigenvalue weighted by Crippen LogP contribution is -2.69. The lowest BCUT2D eigenvalue weighted by Gasteiger charge is -2.48. The van der Waals surface area contributed by atoms with Crippen molar-refractivity contribution in [3.63, 3.8) is 0 Å². The van der Waals surface area contributed by atoms with E-state index >= 15 is 0 Å². The van der Waals surface area contributed by atoms with Crippen LogP contribution in [0, 0.1) is 28.6 Å². The van der Waals surface area contributed by atoms with E-state index in [-0.39, 0.29) is 63.0 Å². The molecule has 1 atom stereocenters. The summed E-state index contributed by atoms with van der Waals surface area (Å²) in [6, 6.07) is 10.5. The lowest BCUT2D eigenvalue weighted by atomic mass is 9.95. The maximum Gasteiger partial charge on any atom is 0.354 e. The Kier molecular flexibility index (Phi) is 7.52. The molecular formula is C24H27N5O5. The molecule has 2 aliphatic heterocycles. The normalized spacial score (nSPS) is 18.7. The standard InChI is InChI=1S/C24H27N5O5/c1-17(2)15-28-22(32)18-7-3-4-8-19(18)29-20(30)9-10-24(28,29)23(33)34-16-21(31)27(13-5-11-25)14-6-12-26/h3-4,7-8,17H,5-6,9-10,13-16H2,1-2H3. The van der Waals surface area contributed by atoms with Gasteiger partial charge in [-0.25, -0.2) is 4.79 Å². The highest BCUT2D eigenvalue weighted by molar-refractivity contribution is 6.15. The Morgan fingerprint density at radius 3 is 2.41 bits per heavy atom. The monoisotopic (exact) mass is 465 g/mol. The zero-order chi connectivity index (χ0) is 24.9. The van der Waals surface area contributed by atoms with Crippen molar-refractivity contribution in [3.05, 3.63) is 29.8 Å². The predicted molar refractivity (Wildman–Crippen MR) is 120 cm³/mol. The molecule has 2 aliphatic rings. The molecule has 0 saturated carbocycles. The number of nitrogens with zero attached hydrogens (tertiary/aromatic N) is 5. The van der Waals surface area contributed by atoms with Gasteiger partial charge in [0, 0.05) is 32.5 Å². The van der Waals surface area contributed by atoms with Crippen LogP contribution in [0.1, 0.15) is 49.9 Å². The number of carbonyl (C=O) groups excluding carboxylic acids is 4. The van der Waals surface area contributed by atoms with Gasteiger partial charge in [0.1, 0.15) is 0 Å². The highest BCUT2D eigenvalue weighted by Gasteiger charge is 2.62. The molecule has 0 spiro atoms.